The summed E-state index contributed by atoms with van der Waals surface area (Å²) in [5.74, 6) is -0.386. The molecule has 1 aromatic carbocycles. The molecule has 0 bridgehead atoms. The normalized spacial score (nSPS) is 21.6. The number of carbonyl (C=O) groups excluding carboxylic acids is 1. The summed E-state index contributed by atoms with van der Waals surface area (Å²) in [6.07, 6.45) is 1.99. The number of benzene rings is 1. The molecule has 0 unspecified atom stereocenters. The maximum Gasteiger partial charge on any atom is 0.243 e. The third-order valence-corrected chi connectivity index (χ3v) is 5.44. The number of sulfonamides is 1. The van der Waals surface area contributed by atoms with Gasteiger partial charge in [-0.3, -0.25) is 9.10 Å². The highest BCUT2D eigenvalue weighted by Gasteiger charge is 2.30. The summed E-state index contributed by atoms with van der Waals surface area (Å²) in [5.41, 5.74) is -0.173. The van der Waals surface area contributed by atoms with Gasteiger partial charge in [0.2, 0.25) is 15.9 Å². The molecule has 0 aromatic heterocycles. The van der Waals surface area contributed by atoms with E-state index in [1.54, 1.807) is 4.90 Å². The summed E-state index contributed by atoms with van der Waals surface area (Å²) in [6.45, 7) is 4.87. The van der Waals surface area contributed by atoms with Gasteiger partial charge in [-0.05, 0) is 36.5 Å². The van der Waals surface area contributed by atoms with Crippen LogP contribution >= 0.6 is 11.6 Å². The Labute approximate surface area is 147 Å². The average molecular weight is 377 g/mol. The summed E-state index contributed by atoms with van der Waals surface area (Å²) >= 11 is 5.71. The molecule has 1 heterocycles. The fourth-order valence-electron chi connectivity index (χ4n) is 3.15. The topological polar surface area (TPSA) is 57.7 Å². The third-order valence-electron chi connectivity index (χ3n) is 4.08. The van der Waals surface area contributed by atoms with Gasteiger partial charge in [-0.2, -0.15) is 0 Å². The molecule has 1 aliphatic heterocycles. The first kappa shape index (κ1) is 19.0. The van der Waals surface area contributed by atoms with Crippen molar-refractivity contribution in [3.8, 4) is 0 Å². The van der Waals surface area contributed by atoms with Crippen LogP contribution in [-0.4, -0.2) is 45.1 Å². The highest BCUT2D eigenvalue weighted by atomic mass is 35.5. The maximum absolute atomic E-state index is 14.1. The van der Waals surface area contributed by atoms with Gasteiger partial charge in [0.05, 0.1) is 11.9 Å². The largest absolute Gasteiger partial charge is 0.341 e. The Morgan fingerprint density at radius 3 is 2.42 bits per heavy atom. The average Bonchev–Trinajstić information content (AvgIpc) is 2.43. The molecule has 0 spiro atoms. The van der Waals surface area contributed by atoms with Gasteiger partial charge in [0.25, 0.3) is 0 Å². The van der Waals surface area contributed by atoms with E-state index < -0.39 is 22.4 Å². The van der Waals surface area contributed by atoms with Crippen LogP contribution in [0.2, 0.25) is 5.02 Å². The molecule has 1 amide bonds. The number of piperidine rings is 1. The Kier molecular flexibility index (Phi) is 5.75. The van der Waals surface area contributed by atoms with Crippen LogP contribution in [0.4, 0.5) is 10.1 Å². The van der Waals surface area contributed by atoms with Crippen LogP contribution in [0, 0.1) is 17.7 Å². The van der Waals surface area contributed by atoms with Gasteiger partial charge in [-0.15, -0.1) is 0 Å². The van der Waals surface area contributed by atoms with Crippen LogP contribution in [-0.2, 0) is 14.8 Å². The van der Waals surface area contributed by atoms with E-state index in [1.807, 2.05) is 0 Å². The van der Waals surface area contributed by atoms with Crippen LogP contribution in [0.3, 0.4) is 0 Å². The summed E-state index contributed by atoms with van der Waals surface area (Å²) in [6, 6.07) is 3.70. The Morgan fingerprint density at radius 2 is 1.92 bits per heavy atom. The minimum absolute atomic E-state index is 0.162. The molecule has 8 heteroatoms. The number of halogens is 2. The van der Waals surface area contributed by atoms with Crippen LogP contribution in [0.25, 0.3) is 0 Å². The molecule has 0 N–H and O–H groups in total. The molecule has 5 nitrogen and oxygen atoms in total. The lowest BCUT2D eigenvalue weighted by atomic mass is 9.92. The van der Waals surface area contributed by atoms with Crippen molar-refractivity contribution in [1.82, 2.24) is 4.90 Å². The van der Waals surface area contributed by atoms with Crippen LogP contribution in [0.5, 0.6) is 0 Å². The zero-order valence-electron chi connectivity index (χ0n) is 14.0. The molecule has 24 heavy (non-hydrogen) atoms. The van der Waals surface area contributed by atoms with Crippen molar-refractivity contribution in [3.05, 3.63) is 29.0 Å². The van der Waals surface area contributed by atoms with E-state index in [1.165, 1.54) is 12.1 Å². The van der Waals surface area contributed by atoms with Crippen LogP contribution < -0.4 is 4.31 Å². The number of likely N-dealkylation sites (tertiary alicyclic amines) is 1. The number of hydrogen-bond acceptors (Lipinski definition) is 3. The third kappa shape index (κ3) is 4.60. The zero-order valence-corrected chi connectivity index (χ0v) is 15.6. The monoisotopic (exact) mass is 376 g/mol. The lowest BCUT2D eigenvalue weighted by molar-refractivity contribution is -0.132. The molecule has 2 rings (SSSR count). The number of amides is 1. The molecule has 1 saturated heterocycles. The second-order valence-electron chi connectivity index (χ2n) is 6.61. The number of anilines is 1. The predicted molar refractivity (Wildman–Crippen MR) is 93.1 cm³/mol. The van der Waals surface area contributed by atoms with Crippen molar-refractivity contribution in [1.29, 1.82) is 0 Å². The number of nitrogens with zero attached hydrogens (tertiary/aromatic N) is 2. The molecule has 0 aliphatic carbocycles. The minimum Gasteiger partial charge on any atom is -0.341 e. The lowest BCUT2D eigenvalue weighted by Crippen LogP contribution is -2.48. The molecule has 1 fully saturated rings. The molecular weight excluding hydrogens is 355 g/mol. The lowest BCUT2D eigenvalue weighted by Gasteiger charge is -2.36. The van der Waals surface area contributed by atoms with E-state index in [9.17, 15) is 17.6 Å². The van der Waals surface area contributed by atoms with Crippen molar-refractivity contribution in [2.24, 2.45) is 11.8 Å². The van der Waals surface area contributed by atoms with E-state index in [-0.39, 0.29) is 16.6 Å². The van der Waals surface area contributed by atoms with E-state index >= 15 is 0 Å². The molecular formula is C16H22ClFN2O3S. The fraction of sp³-hybridized carbons (Fsp3) is 0.562. The van der Waals surface area contributed by atoms with E-state index in [0.29, 0.717) is 24.9 Å². The van der Waals surface area contributed by atoms with Gasteiger partial charge in [0, 0.05) is 18.1 Å². The maximum atomic E-state index is 14.1. The van der Waals surface area contributed by atoms with Crippen LogP contribution in [0.15, 0.2) is 18.2 Å². The summed E-state index contributed by atoms with van der Waals surface area (Å²) in [5, 5.41) is 0.162. The predicted octanol–water partition coefficient (Wildman–Crippen LogP) is 2.75. The van der Waals surface area contributed by atoms with Gasteiger partial charge < -0.3 is 4.90 Å². The SMILES string of the molecule is C[C@@H]1C[C@H](C)CN(C(=O)CN(c2ccc(Cl)cc2F)S(C)(=O)=O)C1. The smallest absolute Gasteiger partial charge is 0.243 e. The van der Waals surface area contributed by atoms with Crippen molar-refractivity contribution >= 4 is 33.2 Å². The second-order valence-corrected chi connectivity index (χ2v) is 8.95. The first-order valence-corrected chi connectivity index (χ1v) is 10.0. The summed E-state index contributed by atoms with van der Waals surface area (Å²) < 4.78 is 39.1. The second kappa shape index (κ2) is 7.27. The molecule has 1 aliphatic rings. The van der Waals surface area contributed by atoms with Crippen molar-refractivity contribution in [2.75, 3.05) is 30.2 Å². The molecule has 0 saturated carbocycles. The Bertz CT molecular complexity index is 716. The zero-order chi connectivity index (χ0) is 18.1. The van der Waals surface area contributed by atoms with E-state index in [4.69, 9.17) is 11.6 Å². The van der Waals surface area contributed by atoms with Crippen molar-refractivity contribution in [3.63, 3.8) is 0 Å². The Balaban J connectivity index is 2.25. The van der Waals surface area contributed by atoms with Gasteiger partial charge in [0.15, 0.2) is 0 Å². The number of carbonyl (C=O) groups is 1. The molecule has 0 radical (unpaired) electrons. The minimum atomic E-state index is -3.81. The van der Waals surface area contributed by atoms with E-state index in [2.05, 4.69) is 13.8 Å². The summed E-state index contributed by atoms with van der Waals surface area (Å²) in [4.78, 5) is 14.2. The van der Waals surface area contributed by atoms with Crippen molar-refractivity contribution in [2.45, 2.75) is 20.3 Å². The fourth-order valence-corrected chi connectivity index (χ4v) is 4.16. The van der Waals surface area contributed by atoms with Crippen molar-refractivity contribution < 1.29 is 17.6 Å². The first-order valence-electron chi connectivity index (χ1n) is 7.78. The molecule has 134 valence electrons. The number of rotatable bonds is 4. The molecule has 2 atom stereocenters. The van der Waals surface area contributed by atoms with Gasteiger partial charge in [-0.1, -0.05) is 25.4 Å². The van der Waals surface area contributed by atoms with Crippen LogP contribution in [0.1, 0.15) is 20.3 Å². The quantitative estimate of drug-likeness (QED) is 0.811. The standard InChI is InChI=1S/C16H22ClFN2O3S/c1-11-6-12(2)9-19(8-11)16(21)10-20(24(3,22)23)15-5-4-13(17)7-14(15)18/h4-5,7,11-12H,6,8-10H2,1-3H3/t11-,12+. The van der Waals surface area contributed by atoms with Gasteiger partial charge in [0.1, 0.15) is 12.4 Å². The Morgan fingerprint density at radius 1 is 1.33 bits per heavy atom. The summed E-state index contributed by atoms with van der Waals surface area (Å²) in [7, 11) is -3.81. The highest BCUT2D eigenvalue weighted by molar-refractivity contribution is 7.92. The molecule has 1 aromatic rings. The number of hydrogen-bond donors (Lipinski definition) is 0. The first-order chi connectivity index (χ1) is 11.1. The highest BCUT2D eigenvalue weighted by Crippen LogP contribution is 2.26. The van der Waals surface area contributed by atoms with E-state index in [0.717, 1.165) is 23.0 Å². The van der Waals surface area contributed by atoms with Gasteiger partial charge in [-0.25, -0.2) is 12.8 Å². The Hall–Kier alpha value is -1.34. The van der Waals surface area contributed by atoms with Gasteiger partial charge >= 0.3 is 0 Å².